The largest absolute Gasteiger partial charge is 0.326 e. The minimum atomic E-state index is -2.82. The van der Waals surface area contributed by atoms with Crippen LogP contribution in [-0.2, 0) is 22.1 Å². The summed E-state index contributed by atoms with van der Waals surface area (Å²) in [6.45, 7) is 1.76. The predicted octanol–water partition coefficient (Wildman–Crippen LogP) is 5.48. The van der Waals surface area contributed by atoms with Gasteiger partial charge in [-0.05, 0) is 60.2 Å². The molecule has 0 bridgehead atoms. The smallest absolute Gasteiger partial charge is 0.316 e. The highest BCUT2D eigenvalue weighted by Crippen LogP contribution is 2.22. The standard InChI is InChI=1S/C26H30NO3P/c28-31(29)30-20-10-19-27-21-24-18-17-23(25-15-8-9-16-26(24)25)14-7-2-1-4-11-22-12-5-3-6-13-22/h3,5-6,8-9,12-13,15-18,27,31H,1-2,4,10-11,19-21H2,(H,28,29). The van der Waals surface area contributed by atoms with Crippen molar-refractivity contribution < 1.29 is 14.0 Å². The second kappa shape index (κ2) is 13.1. The Morgan fingerprint density at radius 3 is 2.48 bits per heavy atom. The fraction of sp³-hybridized carbons (Fsp3) is 0.308. The van der Waals surface area contributed by atoms with Gasteiger partial charge in [0, 0.05) is 18.5 Å². The van der Waals surface area contributed by atoms with Crippen LogP contribution in [0.4, 0.5) is 0 Å². The zero-order valence-electron chi connectivity index (χ0n) is 17.8. The first-order chi connectivity index (χ1) is 15.2. The lowest BCUT2D eigenvalue weighted by Crippen LogP contribution is -2.16. The molecule has 0 aliphatic heterocycles. The summed E-state index contributed by atoms with van der Waals surface area (Å²) in [4.78, 5) is 8.68. The molecule has 0 aromatic heterocycles. The molecule has 5 heteroatoms. The molecule has 1 atom stereocenters. The Bertz CT molecular complexity index is 1040. The van der Waals surface area contributed by atoms with Crippen LogP contribution in [0, 0.1) is 11.8 Å². The molecule has 1 unspecified atom stereocenters. The second-order valence-electron chi connectivity index (χ2n) is 7.46. The third kappa shape index (κ3) is 7.98. The number of rotatable bonds is 11. The van der Waals surface area contributed by atoms with Crippen molar-refractivity contribution in [2.24, 2.45) is 0 Å². The Kier molecular flexibility index (Phi) is 9.83. The number of nitrogens with one attached hydrogen (secondary N) is 1. The highest BCUT2D eigenvalue weighted by molar-refractivity contribution is 7.32. The fourth-order valence-corrected chi connectivity index (χ4v) is 3.87. The van der Waals surface area contributed by atoms with E-state index in [1.807, 2.05) is 0 Å². The van der Waals surface area contributed by atoms with Crippen molar-refractivity contribution in [3.8, 4) is 11.8 Å². The van der Waals surface area contributed by atoms with Crippen LogP contribution in [0.25, 0.3) is 10.8 Å². The van der Waals surface area contributed by atoms with Crippen molar-refractivity contribution >= 4 is 19.0 Å². The summed E-state index contributed by atoms with van der Waals surface area (Å²) in [6.07, 6.45) is 4.98. The van der Waals surface area contributed by atoms with Gasteiger partial charge in [-0.1, -0.05) is 72.5 Å². The van der Waals surface area contributed by atoms with Gasteiger partial charge in [0.2, 0.25) is 0 Å². The summed E-state index contributed by atoms with van der Waals surface area (Å²) in [7, 11) is -2.82. The number of hydrogen-bond acceptors (Lipinski definition) is 3. The van der Waals surface area contributed by atoms with Crippen molar-refractivity contribution in [3.63, 3.8) is 0 Å². The van der Waals surface area contributed by atoms with Gasteiger partial charge >= 0.3 is 8.25 Å². The van der Waals surface area contributed by atoms with Crippen LogP contribution in [-0.4, -0.2) is 18.0 Å². The zero-order valence-corrected chi connectivity index (χ0v) is 18.8. The van der Waals surface area contributed by atoms with E-state index in [-0.39, 0.29) is 0 Å². The molecule has 3 aromatic carbocycles. The summed E-state index contributed by atoms with van der Waals surface area (Å²) in [5.41, 5.74) is 3.69. The Morgan fingerprint density at radius 1 is 0.903 bits per heavy atom. The van der Waals surface area contributed by atoms with E-state index in [0.29, 0.717) is 13.0 Å². The van der Waals surface area contributed by atoms with E-state index in [0.717, 1.165) is 44.3 Å². The first-order valence-electron chi connectivity index (χ1n) is 10.8. The normalized spacial score (nSPS) is 11.8. The first-order valence-corrected chi connectivity index (χ1v) is 12.1. The van der Waals surface area contributed by atoms with Crippen LogP contribution in [0.1, 0.15) is 42.4 Å². The van der Waals surface area contributed by atoms with E-state index < -0.39 is 8.25 Å². The molecule has 0 aliphatic carbocycles. The first kappa shape index (κ1) is 23.3. The molecule has 0 saturated heterocycles. The Balaban J connectivity index is 1.52. The summed E-state index contributed by atoms with van der Waals surface area (Å²) >= 11 is 0. The average molecular weight is 436 g/mol. The summed E-state index contributed by atoms with van der Waals surface area (Å²) < 4.78 is 15.3. The van der Waals surface area contributed by atoms with Crippen molar-refractivity contribution in [2.45, 2.75) is 38.6 Å². The van der Waals surface area contributed by atoms with E-state index in [2.05, 4.69) is 83.9 Å². The Hall–Kier alpha value is -2.41. The molecular weight excluding hydrogens is 405 g/mol. The maximum Gasteiger partial charge on any atom is 0.316 e. The fourth-order valence-electron chi connectivity index (χ4n) is 3.55. The molecule has 31 heavy (non-hydrogen) atoms. The van der Waals surface area contributed by atoms with Crippen molar-refractivity contribution in [1.29, 1.82) is 0 Å². The third-order valence-corrected chi connectivity index (χ3v) is 5.59. The van der Waals surface area contributed by atoms with Gasteiger partial charge in [0.1, 0.15) is 0 Å². The van der Waals surface area contributed by atoms with E-state index in [1.165, 1.54) is 21.9 Å². The maximum atomic E-state index is 10.5. The molecule has 3 rings (SSSR count). The van der Waals surface area contributed by atoms with Crippen LogP contribution in [0.5, 0.6) is 0 Å². The molecule has 0 radical (unpaired) electrons. The van der Waals surface area contributed by atoms with E-state index in [4.69, 9.17) is 9.42 Å². The van der Waals surface area contributed by atoms with Crippen molar-refractivity contribution in [3.05, 3.63) is 83.4 Å². The highest BCUT2D eigenvalue weighted by atomic mass is 31.1. The summed E-state index contributed by atoms with van der Waals surface area (Å²) in [6, 6.07) is 23.2. The molecule has 0 aliphatic rings. The minimum absolute atomic E-state index is 0.294. The predicted molar refractivity (Wildman–Crippen MR) is 128 cm³/mol. The van der Waals surface area contributed by atoms with Crippen LogP contribution in [0.2, 0.25) is 0 Å². The number of aryl methyl sites for hydroxylation is 1. The van der Waals surface area contributed by atoms with E-state index in [9.17, 15) is 4.57 Å². The van der Waals surface area contributed by atoms with Gasteiger partial charge in [-0.2, -0.15) is 0 Å². The number of hydrogen-bond donors (Lipinski definition) is 2. The minimum Gasteiger partial charge on any atom is -0.326 e. The lowest BCUT2D eigenvalue weighted by molar-refractivity contribution is 0.276. The number of unbranched alkanes of at least 4 members (excludes halogenated alkanes) is 2. The SMILES string of the molecule is O=[PH](O)OCCCNCc1ccc(C#CCCCCc2ccccc2)c2ccccc12. The molecule has 2 N–H and O–H groups in total. The van der Waals surface area contributed by atoms with Gasteiger partial charge in [-0.25, -0.2) is 0 Å². The number of fused-ring (bicyclic) bond motifs is 1. The lowest BCUT2D eigenvalue weighted by Gasteiger charge is -2.10. The molecular formula is C26H30NO3P. The zero-order chi connectivity index (χ0) is 21.7. The number of benzene rings is 3. The lowest BCUT2D eigenvalue weighted by atomic mass is 9.99. The van der Waals surface area contributed by atoms with Gasteiger partial charge in [0.15, 0.2) is 0 Å². The molecule has 3 aromatic rings. The summed E-state index contributed by atoms with van der Waals surface area (Å²) in [5, 5.41) is 5.77. The van der Waals surface area contributed by atoms with Gasteiger partial charge < -0.3 is 14.7 Å². The van der Waals surface area contributed by atoms with E-state index in [1.54, 1.807) is 0 Å². The van der Waals surface area contributed by atoms with Crippen LogP contribution in [0.15, 0.2) is 66.7 Å². The topological polar surface area (TPSA) is 58.6 Å². The van der Waals surface area contributed by atoms with Gasteiger partial charge in [0.05, 0.1) is 6.61 Å². The molecule has 0 spiro atoms. The van der Waals surface area contributed by atoms with Crippen LogP contribution >= 0.6 is 8.25 Å². The molecule has 4 nitrogen and oxygen atoms in total. The average Bonchev–Trinajstić information content (AvgIpc) is 2.79. The highest BCUT2D eigenvalue weighted by Gasteiger charge is 2.04. The molecule has 0 amide bonds. The van der Waals surface area contributed by atoms with Crippen LogP contribution in [0.3, 0.4) is 0 Å². The van der Waals surface area contributed by atoms with Gasteiger partial charge in [0.25, 0.3) is 0 Å². The monoisotopic (exact) mass is 435 g/mol. The molecule has 0 fully saturated rings. The third-order valence-electron chi connectivity index (χ3n) is 5.14. The van der Waals surface area contributed by atoms with Crippen LogP contribution < -0.4 is 5.32 Å². The van der Waals surface area contributed by atoms with Gasteiger partial charge in [-0.15, -0.1) is 0 Å². The van der Waals surface area contributed by atoms with E-state index >= 15 is 0 Å². The molecule has 162 valence electrons. The Labute approximate surface area is 185 Å². The molecule has 0 heterocycles. The Morgan fingerprint density at radius 2 is 1.68 bits per heavy atom. The van der Waals surface area contributed by atoms with Crippen molar-refractivity contribution in [2.75, 3.05) is 13.2 Å². The quantitative estimate of drug-likeness (QED) is 0.238. The second-order valence-corrected chi connectivity index (χ2v) is 8.28. The summed E-state index contributed by atoms with van der Waals surface area (Å²) in [5.74, 6) is 6.72. The van der Waals surface area contributed by atoms with Gasteiger partial charge in [-0.3, -0.25) is 4.57 Å². The molecule has 0 saturated carbocycles. The van der Waals surface area contributed by atoms with Crippen molar-refractivity contribution in [1.82, 2.24) is 5.32 Å². The maximum absolute atomic E-state index is 10.5.